The Morgan fingerprint density at radius 2 is 1.85 bits per heavy atom. The molecular weight excluding hydrogens is 165 g/mol. The lowest BCUT2D eigenvalue weighted by Gasteiger charge is -2.23. The molecule has 1 atom stereocenters. The minimum Gasteiger partial charge on any atom is -0.311 e. The normalized spacial score (nSPS) is 22.6. The minimum absolute atomic E-state index is 0.239. The topological polar surface area (TPSA) is 12.0 Å². The highest BCUT2D eigenvalue weighted by molar-refractivity contribution is 4.74. The van der Waals surface area contributed by atoms with E-state index in [0.717, 1.165) is 5.92 Å². The third-order valence-electron chi connectivity index (χ3n) is 3.17. The van der Waals surface area contributed by atoms with Gasteiger partial charge in [0.15, 0.2) is 0 Å². The van der Waals surface area contributed by atoms with Gasteiger partial charge in [0.2, 0.25) is 0 Å². The molecule has 0 spiro atoms. The molecule has 2 heteroatoms. The van der Waals surface area contributed by atoms with Crippen LogP contribution >= 0.6 is 0 Å². The van der Waals surface area contributed by atoms with Gasteiger partial charge in [0.1, 0.15) is 6.67 Å². The van der Waals surface area contributed by atoms with E-state index in [2.05, 4.69) is 12.2 Å². The van der Waals surface area contributed by atoms with Crippen LogP contribution in [0.15, 0.2) is 0 Å². The van der Waals surface area contributed by atoms with E-state index in [1.54, 1.807) is 0 Å². The van der Waals surface area contributed by atoms with Gasteiger partial charge in [-0.3, -0.25) is 0 Å². The van der Waals surface area contributed by atoms with Gasteiger partial charge < -0.3 is 5.32 Å². The summed E-state index contributed by atoms with van der Waals surface area (Å²) in [5.74, 6) is 0.786. The molecule has 1 aliphatic carbocycles. The zero-order chi connectivity index (χ0) is 9.52. The minimum atomic E-state index is -0.239. The summed E-state index contributed by atoms with van der Waals surface area (Å²) in [4.78, 5) is 0. The van der Waals surface area contributed by atoms with Gasteiger partial charge in [0, 0.05) is 12.6 Å². The van der Waals surface area contributed by atoms with Crippen LogP contribution in [0.1, 0.15) is 45.4 Å². The summed E-state index contributed by atoms with van der Waals surface area (Å²) in [6, 6.07) is 0.508. The molecule has 0 heterocycles. The molecule has 0 unspecified atom stereocenters. The summed E-state index contributed by atoms with van der Waals surface area (Å²) in [7, 11) is 0. The summed E-state index contributed by atoms with van der Waals surface area (Å²) in [6.07, 6.45) is 8.19. The number of hydrogen-bond acceptors (Lipinski definition) is 1. The van der Waals surface area contributed by atoms with Crippen molar-refractivity contribution in [3.63, 3.8) is 0 Å². The Kier molecular flexibility index (Phi) is 5.37. The van der Waals surface area contributed by atoms with Gasteiger partial charge >= 0.3 is 0 Å². The first-order valence-electron chi connectivity index (χ1n) is 5.64. The van der Waals surface area contributed by atoms with E-state index in [9.17, 15) is 4.39 Å². The first kappa shape index (κ1) is 11.0. The second-order valence-corrected chi connectivity index (χ2v) is 4.18. The third kappa shape index (κ3) is 4.08. The van der Waals surface area contributed by atoms with E-state index in [1.807, 2.05) is 0 Å². The maximum atomic E-state index is 11.9. The van der Waals surface area contributed by atoms with Gasteiger partial charge in [-0.2, -0.15) is 0 Å². The SMILES string of the molecule is C[C@@H](NCCF)C1CCCCCC1. The Labute approximate surface area is 81.1 Å². The molecule has 1 N–H and O–H groups in total. The predicted octanol–water partition coefficient (Wildman–Crippen LogP) is 2.90. The van der Waals surface area contributed by atoms with Gasteiger partial charge in [-0.05, 0) is 25.7 Å². The van der Waals surface area contributed by atoms with Gasteiger partial charge in [-0.15, -0.1) is 0 Å². The average molecular weight is 187 g/mol. The van der Waals surface area contributed by atoms with E-state index >= 15 is 0 Å². The third-order valence-corrected chi connectivity index (χ3v) is 3.17. The van der Waals surface area contributed by atoms with Crippen molar-refractivity contribution in [1.29, 1.82) is 0 Å². The van der Waals surface area contributed by atoms with Crippen molar-refractivity contribution in [2.45, 2.75) is 51.5 Å². The highest BCUT2D eigenvalue weighted by Crippen LogP contribution is 2.25. The fourth-order valence-electron chi connectivity index (χ4n) is 2.26. The van der Waals surface area contributed by atoms with E-state index < -0.39 is 0 Å². The quantitative estimate of drug-likeness (QED) is 0.667. The number of alkyl halides is 1. The van der Waals surface area contributed by atoms with E-state index in [4.69, 9.17) is 0 Å². The lowest BCUT2D eigenvalue weighted by molar-refractivity contribution is 0.325. The van der Waals surface area contributed by atoms with Crippen LogP contribution in [0.2, 0.25) is 0 Å². The molecule has 13 heavy (non-hydrogen) atoms. The second kappa shape index (κ2) is 6.36. The Morgan fingerprint density at radius 3 is 2.38 bits per heavy atom. The first-order chi connectivity index (χ1) is 6.34. The zero-order valence-electron chi connectivity index (χ0n) is 8.69. The van der Waals surface area contributed by atoms with E-state index in [-0.39, 0.29) is 6.67 Å². The van der Waals surface area contributed by atoms with Crippen LogP contribution < -0.4 is 5.32 Å². The van der Waals surface area contributed by atoms with E-state index in [1.165, 1.54) is 38.5 Å². The largest absolute Gasteiger partial charge is 0.311 e. The highest BCUT2D eigenvalue weighted by atomic mass is 19.1. The maximum absolute atomic E-state index is 11.9. The molecule has 1 fully saturated rings. The molecule has 0 bridgehead atoms. The molecule has 0 aromatic rings. The fraction of sp³-hybridized carbons (Fsp3) is 1.00. The van der Waals surface area contributed by atoms with Crippen molar-refractivity contribution in [3.05, 3.63) is 0 Å². The molecule has 1 saturated carbocycles. The Hall–Kier alpha value is -0.110. The molecular formula is C11H22FN. The van der Waals surface area contributed by atoms with Crippen molar-refractivity contribution in [2.75, 3.05) is 13.2 Å². The Balaban J connectivity index is 2.22. The summed E-state index contributed by atoms with van der Waals surface area (Å²) >= 11 is 0. The summed E-state index contributed by atoms with van der Waals surface area (Å²) in [6.45, 7) is 2.49. The van der Waals surface area contributed by atoms with Crippen LogP contribution in [0, 0.1) is 5.92 Å². The molecule has 0 amide bonds. The molecule has 78 valence electrons. The zero-order valence-corrected chi connectivity index (χ0v) is 8.69. The summed E-state index contributed by atoms with van der Waals surface area (Å²) < 4.78 is 11.9. The summed E-state index contributed by atoms with van der Waals surface area (Å²) in [5.41, 5.74) is 0. The van der Waals surface area contributed by atoms with Crippen LogP contribution in [0.4, 0.5) is 4.39 Å². The van der Waals surface area contributed by atoms with Crippen molar-refractivity contribution in [1.82, 2.24) is 5.32 Å². The smallest absolute Gasteiger partial charge is 0.102 e. The van der Waals surface area contributed by atoms with Crippen LogP contribution in [-0.4, -0.2) is 19.3 Å². The monoisotopic (exact) mass is 187 g/mol. The number of halogens is 1. The number of nitrogens with one attached hydrogen (secondary N) is 1. The Morgan fingerprint density at radius 1 is 1.23 bits per heavy atom. The molecule has 1 rings (SSSR count). The maximum Gasteiger partial charge on any atom is 0.102 e. The molecule has 0 saturated heterocycles. The van der Waals surface area contributed by atoms with Crippen LogP contribution in [0.5, 0.6) is 0 Å². The molecule has 0 radical (unpaired) electrons. The van der Waals surface area contributed by atoms with Crippen molar-refractivity contribution < 1.29 is 4.39 Å². The standard InChI is InChI=1S/C11H22FN/c1-10(13-9-8-12)11-6-4-2-3-5-7-11/h10-11,13H,2-9H2,1H3/t10-/m1/s1. The fourth-order valence-corrected chi connectivity index (χ4v) is 2.26. The second-order valence-electron chi connectivity index (χ2n) is 4.18. The van der Waals surface area contributed by atoms with Crippen molar-refractivity contribution in [3.8, 4) is 0 Å². The molecule has 0 aliphatic heterocycles. The summed E-state index contributed by atoms with van der Waals surface area (Å²) in [5, 5.41) is 3.25. The van der Waals surface area contributed by atoms with Crippen molar-refractivity contribution in [2.24, 2.45) is 5.92 Å². The number of hydrogen-bond donors (Lipinski definition) is 1. The van der Waals surface area contributed by atoms with Gasteiger partial charge in [0.05, 0.1) is 0 Å². The van der Waals surface area contributed by atoms with Crippen molar-refractivity contribution >= 4 is 0 Å². The molecule has 1 nitrogen and oxygen atoms in total. The van der Waals surface area contributed by atoms with Crippen LogP contribution in [0.25, 0.3) is 0 Å². The highest BCUT2D eigenvalue weighted by Gasteiger charge is 2.17. The van der Waals surface area contributed by atoms with Gasteiger partial charge in [0.25, 0.3) is 0 Å². The average Bonchev–Trinajstić information content (AvgIpc) is 2.42. The van der Waals surface area contributed by atoms with Gasteiger partial charge in [-0.25, -0.2) is 4.39 Å². The molecule has 1 aliphatic rings. The predicted molar refractivity (Wildman–Crippen MR) is 54.6 cm³/mol. The lowest BCUT2D eigenvalue weighted by atomic mass is 9.93. The Bertz CT molecular complexity index is 119. The number of rotatable bonds is 4. The first-order valence-corrected chi connectivity index (χ1v) is 5.64. The lowest BCUT2D eigenvalue weighted by Crippen LogP contribution is -2.34. The van der Waals surface area contributed by atoms with Gasteiger partial charge in [-0.1, -0.05) is 25.7 Å². The van der Waals surface area contributed by atoms with Crippen LogP contribution in [-0.2, 0) is 0 Å². The van der Waals surface area contributed by atoms with E-state index in [0.29, 0.717) is 12.6 Å². The molecule has 0 aromatic heterocycles. The van der Waals surface area contributed by atoms with Crippen LogP contribution in [0.3, 0.4) is 0 Å². The molecule has 0 aromatic carbocycles.